The van der Waals surface area contributed by atoms with Crippen molar-refractivity contribution in [3.8, 4) is 0 Å². The summed E-state index contributed by atoms with van der Waals surface area (Å²) >= 11 is 0. The van der Waals surface area contributed by atoms with Gasteiger partial charge in [-0.3, -0.25) is 0 Å². The van der Waals surface area contributed by atoms with Crippen LogP contribution in [0.4, 0.5) is 0 Å². The second-order valence-corrected chi connectivity index (χ2v) is 5.69. The predicted octanol–water partition coefficient (Wildman–Crippen LogP) is 2.46. The highest BCUT2D eigenvalue weighted by Crippen LogP contribution is 2.10. The van der Waals surface area contributed by atoms with E-state index >= 15 is 0 Å². The van der Waals surface area contributed by atoms with Gasteiger partial charge in [-0.25, -0.2) is 13.1 Å². The van der Waals surface area contributed by atoms with Crippen LogP contribution in [0.1, 0.15) is 31.7 Å². The first-order chi connectivity index (χ1) is 7.56. The van der Waals surface area contributed by atoms with Gasteiger partial charge in [-0.05, 0) is 31.0 Å². The summed E-state index contributed by atoms with van der Waals surface area (Å²) in [5.74, 6) is 0. The molecule has 0 aliphatic carbocycles. The number of aryl methyl sites for hydroxylation is 1. The first kappa shape index (κ1) is 13.2. The average molecular weight is 241 g/mol. The minimum absolute atomic E-state index is 0.351. The second kappa shape index (κ2) is 6.01. The SMILES string of the molecule is CCCCCNS(=O)(=O)c1cccc(C)c1. The van der Waals surface area contributed by atoms with Crippen LogP contribution in [0.15, 0.2) is 29.2 Å². The van der Waals surface area contributed by atoms with Crippen LogP contribution in [0, 0.1) is 6.92 Å². The normalized spacial score (nSPS) is 11.6. The van der Waals surface area contributed by atoms with Crippen molar-refractivity contribution < 1.29 is 8.42 Å². The molecule has 3 nitrogen and oxygen atoms in total. The van der Waals surface area contributed by atoms with Crippen LogP contribution < -0.4 is 4.72 Å². The van der Waals surface area contributed by atoms with Gasteiger partial charge >= 0.3 is 0 Å². The number of sulfonamides is 1. The Balaban J connectivity index is 2.64. The zero-order valence-corrected chi connectivity index (χ0v) is 10.7. The summed E-state index contributed by atoms with van der Waals surface area (Å²) in [6.07, 6.45) is 3.03. The van der Waals surface area contributed by atoms with Gasteiger partial charge in [0.15, 0.2) is 0 Å². The molecule has 1 aromatic carbocycles. The molecule has 16 heavy (non-hydrogen) atoms. The number of rotatable bonds is 6. The Labute approximate surface area is 97.9 Å². The molecule has 0 saturated heterocycles. The van der Waals surface area contributed by atoms with Crippen LogP contribution in [0.25, 0.3) is 0 Å². The van der Waals surface area contributed by atoms with Crippen molar-refractivity contribution in [2.75, 3.05) is 6.54 Å². The molecule has 0 radical (unpaired) electrons. The molecule has 90 valence electrons. The molecule has 1 aromatic rings. The van der Waals surface area contributed by atoms with E-state index in [1.165, 1.54) is 0 Å². The lowest BCUT2D eigenvalue weighted by atomic mass is 10.2. The molecule has 0 spiro atoms. The number of nitrogens with one attached hydrogen (secondary N) is 1. The van der Waals surface area contributed by atoms with Crippen LogP contribution in [-0.4, -0.2) is 15.0 Å². The Kier molecular flexibility index (Phi) is 4.96. The van der Waals surface area contributed by atoms with Crippen molar-refractivity contribution in [2.45, 2.75) is 38.0 Å². The van der Waals surface area contributed by atoms with Crippen molar-refractivity contribution in [3.05, 3.63) is 29.8 Å². The van der Waals surface area contributed by atoms with E-state index in [-0.39, 0.29) is 0 Å². The fraction of sp³-hybridized carbons (Fsp3) is 0.500. The van der Waals surface area contributed by atoms with E-state index in [4.69, 9.17) is 0 Å². The van der Waals surface area contributed by atoms with Gasteiger partial charge in [-0.15, -0.1) is 0 Å². The molecule has 0 bridgehead atoms. The lowest BCUT2D eigenvalue weighted by molar-refractivity contribution is 0.576. The largest absolute Gasteiger partial charge is 0.240 e. The number of hydrogen-bond donors (Lipinski definition) is 1. The molecule has 0 fully saturated rings. The third-order valence-electron chi connectivity index (χ3n) is 2.37. The zero-order chi connectivity index (χ0) is 12.0. The monoisotopic (exact) mass is 241 g/mol. The molecule has 0 aliphatic rings. The van der Waals surface area contributed by atoms with Crippen molar-refractivity contribution in [3.63, 3.8) is 0 Å². The zero-order valence-electron chi connectivity index (χ0n) is 9.86. The van der Waals surface area contributed by atoms with Crippen molar-refractivity contribution in [1.82, 2.24) is 4.72 Å². The van der Waals surface area contributed by atoms with Gasteiger partial charge in [0.05, 0.1) is 4.90 Å². The van der Waals surface area contributed by atoms with Gasteiger partial charge < -0.3 is 0 Å². The van der Waals surface area contributed by atoms with Crippen molar-refractivity contribution in [2.24, 2.45) is 0 Å². The lowest BCUT2D eigenvalue weighted by Gasteiger charge is -2.06. The highest BCUT2D eigenvalue weighted by atomic mass is 32.2. The summed E-state index contributed by atoms with van der Waals surface area (Å²) in [6, 6.07) is 6.95. The Bertz CT molecular complexity index is 426. The highest BCUT2D eigenvalue weighted by Gasteiger charge is 2.12. The van der Waals surface area contributed by atoms with E-state index in [1.807, 2.05) is 13.0 Å². The van der Waals surface area contributed by atoms with E-state index in [9.17, 15) is 8.42 Å². The summed E-state index contributed by atoms with van der Waals surface area (Å²) < 4.78 is 26.3. The first-order valence-electron chi connectivity index (χ1n) is 5.62. The molecule has 0 atom stereocenters. The van der Waals surface area contributed by atoms with E-state index in [2.05, 4.69) is 11.6 Å². The van der Waals surface area contributed by atoms with Crippen molar-refractivity contribution in [1.29, 1.82) is 0 Å². The van der Waals surface area contributed by atoms with Crippen LogP contribution in [0.5, 0.6) is 0 Å². The average Bonchev–Trinajstić information content (AvgIpc) is 2.24. The van der Waals surface area contributed by atoms with Crippen LogP contribution in [0.3, 0.4) is 0 Å². The highest BCUT2D eigenvalue weighted by molar-refractivity contribution is 7.89. The Morgan fingerprint density at radius 2 is 2.00 bits per heavy atom. The fourth-order valence-electron chi connectivity index (χ4n) is 1.45. The van der Waals surface area contributed by atoms with Gasteiger partial charge in [0.1, 0.15) is 0 Å². The van der Waals surface area contributed by atoms with E-state index in [0.717, 1.165) is 24.8 Å². The molecule has 0 saturated carbocycles. The topological polar surface area (TPSA) is 46.2 Å². The maximum absolute atomic E-state index is 11.8. The van der Waals surface area contributed by atoms with Crippen LogP contribution in [0.2, 0.25) is 0 Å². The standard InChI is InChI=1S/C12H19NO2S/c1-3-4-5-9-13-16(14,15)12-8-6-7-11(2)10-12/h6-8,10,13H,3-5,9H2,1-2H3. The lowest BCUT2D eigenvalue weighted by Crippen LogP contribution is -2.24. The third-order valence-corrected chi connectivity index (χ3v) is 3.83. The molecular weight excluding hydrogens is 222 g/mol. The van der Waals surface area contributed by atoms with Gasteiger partial charge in [0, 0.05) is 6.54 Å². The Morgan fingerprint density at radius 1 is 1.25 bits per heavy atom. The Morgan fingerprint density at radius 3 is 2.62 bits per heavy atom. The third kappa shape index (κ3) is 3.94. The molecule has 4 heteroatoms. The maximum atomic E-state index is 11.8. The molecule has 1 rings (SSSR count). The molecule has 0 aliphatic heterocycles. The Hall–Kier alpha value is -0.870. The van der Waals surface area contributed by atoms with Crippen molar-refractivity contribution >= 4 is 10.0 Å². The molecule has 1 N–H and O–H groups in total. The fourth-order valence-corrected chi connectivity index (χ4v) is 2.63. The predicted molar refractivity (Wildman–Crippen MR) is 65.9 cm³/mol. The van der Waals surface area contributed by atoms with E-state index in [0.29, 0.717) is 11.4 Å². The van der Waals surface area contributed by atoms with Gasteiger partial charge in [-0.1, -0.05) is 31.9 Å². The number of benzene rings is 1. The van der Waals surface area contributed by atoms with Gasteiger partial charge in [0.25, 0.3) is 0 Å². The maximum Gasteiger partial charge on any atom is 0.240 e. The van der Waals surface area contributed by atoms with E-state index in [1.54, 1.807) is 18.2 Å². The summed E-state index contributed by atoms with van der Waals surface area (Å²) in [6.45, 7) is 4.50. The molecular formula is C12H19NO2S. The minimum Gasteiger partial charge on any atom is -0.211 e. The minimum atomic E-state index is -3.31. The van der Waals surface area contributed by atoms with Gasteiger partial charge in [-0.2, -0.15) is 0 Å². The number of hydrogen-bond acceptors (Lipinski definition) is 2. The first-order valence-corrected chi connectivity index (χ1v) is 7.11. The molecule has 0 amide bonds. The molecule has 0 unspecified atom stereocenters. The molecule has 0 heterocycles. The van der Waals surface area contributed by atoms with Crippen LogP contribution >= 0.6 is 0 Å². The molecule has 0 aromatic heterocycles. The summed E-state index contributed by atoms with van der Waals surface area (Å²) in [4.78, 5) is 0.351. The second-order valence-electron chi connectivity index (χ2n) is 3.92. The van der Waals surface area contributed by atoms with Crippen LogP contribution in [-0.2, 0) is 10.0 Å². The quantitative estimate of drug-likeness (QED) is 0.778. The van der Waals surface area contributed by atoms with Gasteiger partial charge in [0.2, 0.25) is 10.0 Å². The summed E-state index contributed by atoms with van der Waals surface area (Å²) in [7, 11) is -3.31. The summed E-state index contributed by atoms with van der Waals surface area (Å²) in [5, 5.41) is 0. The smallest absolute Gasteiger partial charge is 0.211 e. The van der Waals surface area contributed by atoms with E-state index < -0.39 is 10.0 Å². The summed E-state index contributed by atoms with van der Waals surface area (Å²) in [5.41, 5.74) is 0.955. The number of unbranched alkanes of at least 4 members (excludes halogenated alkanes) is 2.